The van der Waals surface area contributed by atoms with Crippen molar-refractivity contribution in [3.05, 3.63) is 0 Å². The minimum absolute atomic E-state index is 0.208. The molecular formula is C15H30N2O2S. The Bertz CT molecular complexity index is 410. The quantitative estimate of drug-likeness (QED) is 0.839. The molecule has 0 aromatic rings. The molecule has 2 aliphatic rings. The fraction of sp³-hybridized carbons (Fsp3) is 1.00. The fourth-order valence-electron chi connectivity index (χ4n) is 4.11. The molecule has 20 heavy (non-hydrogen) atoms. The number of rotatable bonds is 5. The van der Waals surface area contributed by atoms with Crippen LogP contribution in [-0.4, -0.2) is 50.5 Å². The predicted octanol–water partition coefficient (Wildman–Crippen LogP) is 1.65. The highest BCUT2D eigenvalue weighted by atomic mass is 32.2. The minimum Gasteiger partial charge on any atom is -0.330 e. The van der Waals surface area contributed by atoms with Gasteiger partial charge in [0.1, 0.15) is 0 Å². The maximum Gasteiger partial charge on any atom is 0.151 e. The average molecular weight is 302 g/mol. The van der Waals surface area contributed by atoms with E-state index >= 15 is 0 Å². The lowest BCUT2D eigenvalue weighted by atomic mass is 9.75. The second-order valence-corrected chi connectivity index (χ2v) is 8.98. The molecule has 2 N–H and O–H groups in total. The summed E-state index contributed by atoms with van der Waals surface area (Å²) in [6, 6.07) is 0.683. The van der Waals surface area contributed by atoms with Crippen molar-refractivity contribution in [1.29, 1.82) is 0 Å². The van der Waals surface area contributed by atoms with E-state index in [9.17, 15) is 8.42 Å². The van der Waals surface area contributed by atoms with Crippen LogP contribution < -0.4 is 5.73 Å². The monoisotopic (exact) mass is 302 g/mol. The average Bonchev–Trinajstić information content (AvgIpc) is 2.78. The van der Waals surface area contributed by atoms with E-state index in [1.54, 1.807) is 0 Å². The van der Waals surface area contributed by atoms with E-state index < -0.39 is 9.84 Å². The van der Waals surface area contributed by atoms with Crippen LogP contribution >= 0.6 is 0 Å². The van der Waals surface area contributed by atoms with Gasteiger partial charge in [-0.15, -0.1) is 0 Å². The van der Waals surface area contributed by atoms with Crippen molar-refractivity contribution in [3.63, 3.8) is 0 Å². The number of nitrogens with two attached hydrogens (primary N) is 1. The van der Waals surface area contributed by atoms with Gasteiger partial charge in [0, 0.05) is 12.1 Å². The number of nitrogens with zero attached hydrogens (tertiary/aromatic N) is 1. The maximum absolute atomic E-state index is 11.7. The molecule has 0 aromatic carbocycles. The Morgan fingerprint density at radius 2 is 2.00 bits per heavy atom. The first-order valence-corrected chi connectivity index (χ1v) is 9.91. The Labute approximate surface area is 124 Å². The lowest BCUT2D eigenvalue weighted by molar-refractivity contribution is 0.0745. The summed E-state index contributed by atoms with van der Waals surface area (Å²) in [5.74, 6) is 2.04. The Hall–Kier alpha value is -0.130. The van der Waals surface area contributed by atoms with Crippen LogP contribution in [-0.2, 0) is 9.84 Å². The van der Waals surface area contributed by atoms with Gasteiger partial charge in [0.25, 0.3) is 0 Å². The molecule has 1 saturated heterocycles. The van der Waals surface area contributed by atoms with Gasteiger partial charge in [-0.05, 0) is 44.7 Å². The lowest BCUT2D eigenvalue weighted by Gasteiger charge is -2.43. The molecule has 0 spiro atoms. The molecule has 2 fully saturated rings. The molecule has 4 atom stereocenters. The van der Waals surface area contributed by atoms with Gasteiger partial charge in [-0.2, -0.15) is 0 Å². The largest absolute Gasteiger partial charge is 0.330 e. The van der Waals surface area contributed by atoms with Gasteiger partial charge >= 0.3 is 0 Å². The van der Waals surface area contributed by atoms with Crippen molar-refractivity contribution in [3.8, 4) is 0 Å². The summed E-state index contributed by atoms with van der Waals surface area (Å²) in [6.07, 6.45) is 7.03. The Morgan fingerprint density at radius 1 is 1.25 bits per heavy atom. The van der Waals surface area contributed by atoms with Crippen molar-refractivity contribution < 1.29 is 8.42 Å². The zero-order chi connectivity index (χ0) is 14.8. The summed E-state index contributed by atoms with van der Waals surface area (Å²) in [7, 11) is -0.682. The highest BCUT2D eigenvalue weighted by Gasteiger charge is 2.38. The first kappa shape index (κ1) is 16.2. The van der Waals surface area contributed by atoms with E-state index in [4.69, 9.17) is 5.73 Å². The van der Waals surface area contributed by atoms with Gasteiger partial charge in [0.2, 0.25) is 0 Å². The van der Waals surface area contributed by atoms with E-state index in [0.717, 1.165) is 18.9 Å². The zero-order valence-electron chi connectivity index (χ0n) is 12.9. The predicted molar refractivity (Wildman–Crippen MR) is 83.4 cm³/mol. The molecule has 118 valence electrons. The van der Waals surface area contributed by atoms with Crippen LogP contribution in [0.5, 0.6) is 0 Å². The zero-order valence-corrected chi connectivity index (χ0v) is 13.7. The van der Waals surface area contributed by atoms with E-state index in [2.05, 4.69) is 18.9 Å². The molecule has 1 heterocycles. The minimum atomic E-state index is -2.80. The van der Waals surface area contributed by atoms with Gasteiger partial charge < -0.3 is 5.73 Å². The molecule has 0 radical (unpaired) electrons. The van der Waals surface area contributed by atoms with Crippen molar-refractivity contribution in [2.45, 2.75) is 57.5 Å². The number of sulfone groups is 1. The Kier molecular flexibility index (Phi) is 5.49. The van der Waals surface area contributed by atoms with Crippen LogP contribution in [0.3, 0.4) is 0 Å². The lowest BCUT2D eigenvalue weighted by Crippen LogP contribution is -2.49. The third-order valence-corrected chi connectivity index (χ3v) is 7.12. The summed E-state index contributed by atoms with van der Waals surface area (Å²) in [5, 5.41) is 0. The molecule has 0 aromatic heterocycles. The van der Waals surface area contributed by atoms with E-state index in [1.165, 1.54) is 32.1 Å². The Balaban J connectivity index is 2.02. The van der Waals surface area contributed by atoms with Crippen LogP contribution in [0, 0.1) is 11.8 Å². The molecule has 0 bridgehead atoms. The van der Waals surface area contributed by atoms with Gasteiger partial charge in [0.05, 0.1) is 11.5 Å². The van der Waals surface area contributed by atoms with E-state index in [0.29, 0.717) is 23.5 Å². The van der Waals surface area contributed by atoms with Crippen molar-refractivity contribution in [2.75, 3.05) is 25.1 Å². The van der Waals surface area contributed by atoms with Crippen molar-refractivity contribution in [2.24, 2.45) is 17.6 Å². The van der Waals surface area contributed by atoms with Crippen LogP contribution in [0.4, 0.5) is 0 Å². The van der Waals surface area contributed by atoms with Gasteiger partial charge in [0.15, 0.2) is 9.84 Å². The van der Waals surface area contributed by atoms with Gasteiger partial charge in [-0.25, -0.2) is 8.42 Å². The topological polar surface area (TPSA) is 63.4 Å². The molecule has 0 amide bonds. The second kappa shape index (κ2) is 6.75. The molecule has 2 rings (SSSR count). The van der Waals surface area contributed by atoms with Crippen LogP contribution in [0.1, 0.15) is 45.4 Å². The SMILES string of the molecule is CCCC1CCC(CN)C(N(C)C2CCS(=O)(=O)C2)C1. The summed E-state index contributed by atoms with van der Waals surface area (Å²) < 4.78 is 23.4. The molecular weight excluding hydrogens is 272 g/mol. The molecule has 4 unspecified atom stereocenters. The normalized spacial score (nSPS) is 37.4. The van der Waals surface area contributed by atoms with Crippen LogP contribution in [0.15, 0.2) is 0 Å². The maximum atomic E-state index is 11.7. The van der Waals surface area contributed by atoms with Crippen LogP contribution in [0.25, 0.3) is 0 Å². The summed E-state index contributed by atoms with van der Waals surface area (Å²) in [4.78, 5) is 2.35. The first-order chi connectivity index (χ1) is 9.46. The smallest absolute Gasteiger partial charge is 0.151 e. The van der Waals surface area contributed by atoms with E-state index in [-0.39, 0.29) is 6.04 Å². The van der Waals surface area contributed by atoms with Gasteiger partial charge in [-0.3, -0.25) is 4.90 Å². The molecule has 5 heteroatoms. The summed E-state index contributed by atoms with van der Waals surface area (Å²) in [5.41, 5.74) is 5.96. The van der Waals surface area contributed by atoms with Gasteiger partial charge in [-0.1, -0.05) is 26.2 Å². The van der Waals surface area contributed by atoms with E-state index in [1.807, 2.05) is 0 Å². The third kappa shape index (κ3) is 3.74. The molecule has 1 aliphatic carbocycles. The standard InChI is InChI=1S/C15H30N2O2S/c1-3-4-12-5-6-13(10-16)15(9-12)17(2)14-7-8-20(18,19)11-14/h12-15H,3-11,16H2,1-2H3. The van der Waals surface area contributed by atoms with Crippen molar-refractivity contribution >= 4 is 9.84 Å². The molecule has 1 aliphatic heterocycles. The third-order valence-electron chi connectivity index (χ3n) is 5.37. The number of hydrogen-bond acceptors (Lipinski definition) is 4. The first-order valence-electron chi connectivity index (χ1n) is 8.09. The molecule has 4 nitrogen and oxygen atoms in total. The second-order valence-electron chi connectivity index (χ2n) is 6.75. The summed E-state index contributed by atoms with van der Waals surface area (Å²) in [6.45, 7) is 2.98. The van der Waals surface area contributed by atoms with Crippen LogP contribution in [0.2, 0.25) is 0 Å². The summed E-state index contributed by atoms with van der Waals surface area (Å²) >= 11 is 0. The van der Waals surface area contributed by atoms with Crippen molar-refractivity contribution in [1.82, 2.24) is 4.90 Å². The Morgan fingerprint density at radius 3 is 2.55 bits per heavy atom. The highest BCUT2D eigenvalue weighted by molar-refractivity contribution is 7.91. The number of hydrogen-bond donors (Lipinski definition) is 1. The molecule has 1 saturated carbocycles. The fourth-order valence-corrected chi connectivity index (χ4v) is 5.89. The highest BCUT2D eigenvalue weighted by Crippen LogP contribution is 2.35.